The summed E-state index contributed by atoms with van der Waals surface area (Å²) in [6, 6.07) is 14.5. The van der Waals surface area contributed by atoms with E-state index in [1.807, 2.05) is 30.3 Å². The summed E-state index contributed by atoms with van der Waals surface area (Å²) in [5.74, 6) is 0.868. The number of anilines is 1. The average Bonchev–Trinajstić information content (AvgIpc) is 2.64. The maximum Gasteiger partial charge on any atom is 0.250 e. The fraction of sp³-hybridized carbons (Fsp3) is 0.316. The maximum absolute atomic E-state index is 12.0. The van der Waals surface area contributed by atoms with Gasteiger partial charge in [-0.3, -0.25) is 4.79 Å². The molecule has 0 aliphatic heterocycles. The molecule has 0 spiro atoms. The predicted molar refractivity (Wildman–Crippen MR) is 100 cm³/mol. The molecule has 140 valence electrons. The van der Waals surface area contributed by atoms with Crippen LogP contribution in [0.2, 0.25) is 5.02 Å². The Balaban J connectivity index is 1.74. The molecule has 0 saturated carbocycles. The summed E-state index contributed by atoms with van der Waals surface area (Å²) in [6.45, 7) is 1.32. The lowest BCUT2D eigenvalue weighted by atomic mass is 10.3. The number of para-hydroxylation sites is 2. The van der Waals surface area contributed by atoms with Crippen molar-refractivity contribution in [3.63, 3.8) is 0 Å². The Labute approximate surface area is 158 Å². The molecular weight excluding hydrogens is 358 g/mol. The fourth-order valence-corrected chi connectivity index (χ4v) is 2.30. The van der Waals surface area contributed by atoms with Crippen LogP contribution in [0.3, 0.4) is 0 Å². The Kier molecular flexibility index (Phi) is 8.75. The molecule has 6 nitrogen and oxygen atoms in total. The third-order valence-electron chi connectivity index (χ3n) is 3.25. The molecule has 2 aromatic rings. The second-order valence-corrected chi connectivity index (χ2v) is 5.63. The molecular formula is C19H22ClNO5. The standard InChI is InChI=1S/C19H22ClNO5/c1-23-10-12-26-19-16(20)8-5-9-17(19)21-18(22)14-24-11-13-25-15-6-3-2-4-7-15/h2-9H,10-14H2,1H3,(H,21,22). The number of nitrogens with one attached hydrogen (secondary N) is 1. The van der Waals surface area contributed by atoms with E-state index in [9.17, 15) is 4.79 Å². The molecule has 0 aliphatic rings. The van der Waals surface area contributed by atoms with Crippen LogP contribution in [0.4, 0.5) is 5.69 Å². The Morgan fingerprint density at radius 3 is 2.50 bits per heavy atom. The van der Waals surface area contributed by atoms with Gasteiger partial charge in [0.25, 0.3) is 0 Å². The molecule has 26 heavy (non-hydrogen) atoms. The lowest BCUT2D eigenvalue weighted by Crippen LogP contribution is -2.21. The monoisotopic (exact) mass is 379 g/mol. The number of rotatable bonds is 11. The van der Waals surface area contributed by atoms with Crippen molar-refractivity contribution < 1.29 is 23.7 Å². The zero-order valence-electron chi connectivity index (χ0n) is 14.6. The molecule has 0 heterocycles. The van der Waals surface area contributed by atoms with Crippen molar-refractivity contribution in [3.8, 4) is 11.5 Å². The van der Waals surface area contributed by atoms with Crippen molar-refractivity contribution in [1.29, 1.82) is 0 Å². The minimum absolute atomic E-state index is 0.0951. The first-order valence-corrected chi connectivity index (χ1v) is 8.54. The van der Waals surface area contributed by atoms with E-state index in [0.717, 1.165) is 5.75 Å². The van der Waals surface area contributed by atoms with Crippen LogP contribution in [0.25, 0.3) is 0 Å². The molecule has 2 rings (SSSR count). The van der Waals surface area contributed by atoms with Gasteiger partial charge in [-0.25, -0.2) is 0 Å². The molecule has 0 saturated heterocycles. The first-order chi connectivity index (χ1) is 12.7. The van der Waals surface area contributed by atoms with Crippen molar-refractivity contribution in [3.05, 3.63) is 53.6 Å². The summed E-state index contributed by atoms with van der Waals surface area (Å²) in [4.78, 5) is 12.0. The van der Waals surface area contributed by atoms with E-state index >= 15 is 0 Å². The lowest BCUT2D eigenvalue weighted by Gasteiger charge is -2.14. The first kappa shape index (κ1) is 20.0. The minimum atomic E-state index is -0.302. The summed E-state index contributed by atoms with van der Waals surface area (Å²) in [5, 5.41) is 3.14. The van der Waals surface area contributed by atoms with Gasteiger partial charge >= 0.3 is 0 Å². The normalized spacial score (nSPS) is 10.4. The van der Waals surface area contributed by atoms with Gasteiger partial charge in [-0.1, -0.05) is 35.9 Å². The van der Waals surface area contributed by atoms with Crippen LogP contribution in [0.15, 0.2) is 48.5 Å². The van der Waals surface area contributed by atoms with Crippen molar-refractivity contribution in [2.24, 2.45) is 0 Å². The summed E-state index contributed by atoms with van der Waals surface area (Å²) in [6.07, 6.45) is 0. The van der Waals surface area contributed by atoms with Crippen LogP contribution in [0.1, 0.15) is 0 Å². The van der Waals surface area contributed by atoms with Crippen molar-refractivity contribution in [2.75, 3.05) is 45.5 Å². The SMILES string of the molecule is COCCOc1c(Cl)cccc1NC(=O)COCCOc1ccccc1. The highest BCUT2D eigenvalue weighted by molar-refractivity contribution is 6.32. The highest BCUT2D eigenvalue weighted by atomic mass is 35.5. The Morgan fingerprint density at radius 1 is 0.962 bits per heavy atom. The predicted octanol–water partition coefficient (Wildman–Crippen LogP) is 3.40. The van der Waals surface area contributed by atoms with E-state index in [0.29, 0.717) is 42.9 Å². The van der Waals surface area contributed by atoms with Gasteiger partial charge in [0, 0.05) is 7.11 Å². The van der Waals surface area contributed by atoms with E-state index in [1.54, 1.807) is 25.3 Å². The molecule has 7 heteroatoms. The van der Waals surface area contributed by atoms with Gasteiger partial charge in [0.2, 0.25) is 5.91 Å². The summed E-state index contributed by atoms with van der Waals surface area (Å²) in [7, 11) is 1.58. The smallest absolute Gasteiger partial charge is 0.250 e. The van der Waals surface area contributed by atoms with Gasteiger partial charge in [0.15, 0.2) is 5.75 Å². The zero-order chi connectivity index (χ0) is 18.6. The topological polar surface area (TPSA) is 66.0 Å². The van der Waals surface area contributed by atoms with Crippen LogP contribution in [0.5, 0.6) is 11.5 Å². The highest BCUT2D eigenvalue weighted by Gasteiger charge is 2.11. The number of carbonyl (C=O) groups is 1. The van der Waals surface area contributed by atoms with Crippen LogP contribution in [-0.4, -0.2) is 46.1 Å². The molecule has 0 aromatic heterocycles. The van der Waals surface area contributed by atoms with E-state index in [2.05, 4.69) is 5.32 Å². The molecule has 0 fully saturated rings. The van der Waals surface area contributed by atoms with Gasteiger partial charge in [0.05, 0.1) is 23.9 Å². The van der Waals surface area contributed by atoms with E-state index in [4.69, 9.17) is 30.5 Å². The maximum atomic E-state index is 12.0. The average molecular weight is 380 g/mol. The summed E-state index contributed by atoms with van der Waals surface area (Å²) in [5.41, 5.74) is 0.489. The first-order valence-electron chi connectivity index (χ1n) is 8.16. The summed E-state index contributed by atoms with van der Waals surface area (Å²) >= 11 is 6.13. The van der Waals surface area contributed by atoms with E-state index < -0.39 is 0 Å². The van der Waals surface area contributed by atoms with E-state index in [1.165, 1.54) is 0 Å². The number of benzene rings is 2. The molecule has 1 amide bonds. The molecule has 0 unspecified atom stereocenters. The second kappa shape index (κ2) is 11.4. The van der Waals surface area contributed by atoms with Crippen LogP contribution in [0, 0.1) is 0 Å². The Hall–Kier alpha value is -2.28. The third kappa shape index (κ3) is 6.92. The number of halogens is 1. The fourth-order valence-electron chi connectivity index (χ4n) is 2.07. The zero-order valence-corrected chi connectivity index (χ0v) is 15.3. The van der Waals surface area contributed by atoms with Gasteiger partial charge in [-0.2, -0.15) is 0 Å². The van der Waals surface area contributed by atoms with Gasteiger partial charge < -0.3 is 24.3 Å². The van der Waals surface area contributed by atoms with Gasteiger partial charge in [-0.15, -0.1) is 0 Å². The van der Waals surface area contributed by atoms with Gasteiger partial charge in [0.1, 0.15) is 25.6 Å². The Bertz CT molecular complexity index is 681. The molecule has 2 aromatic carbocycles. The Morgan fingerprint density at radius 2 is 1.73 bits per heavy atom. The molecule has 0 bridgehead atoms. The van der Waals surface area contributed by atoms with E-state index in [-0.39, 0.29) is 12.5 Å². The number of hydrogen-bond donors (Lipinski definition) is 1. The number of amides is 1. The lowest BCUT2D eigenvalue weighted by molar-refractivity contribution is -0.120. The largest absolute Gasteiger partial charge is 0.491 e. The van der Waals surface area contributed by atoms with Crippen molar-refractivity contribution in [1.82, 2.24) is 0 Å². The molecule has 0 atom stereocenters. The van der Waals surface area contributed by atoms with Crippen molar-refractivity contribution >= 4 is 23.2 Å². The van der Waals surface area contributed by atoms with Crippen LogP contribution < -0.4 is 14.8 Å². The molecule has 0 radical (unpaired) electrons. The molecule has 1 N–H and O–H groups in total. The quantitative estimate of drug-likeness (QED) is 0.606. The second-order valence-electron chi connectivity index (χ2n) is 5.22. The van der Waals surface area contributed by atoms with Crippen LogP contribution in [-0.2, 0) is 14.3 Å². The molecule has 0 aliphatic carbocycles. The summed E-state index contributed by atoms with van der Waals surface area (Å²) < 4.78 is 21.3. The number of carbonyl (C=O) groups excluding carboxylic acids is 1. The van der Waals surface area contributed by atoms with Gasteiger partial charge in [-0.05, 0) is 24.3 Å². The number of methoxy groups -OCH3 is 1. The van der Waals surface area contributed by atoms with Crippen molar-refractivity contribution in [2.45, 2.75) is 0 Å². The number of ether oxygens (including phenoxy) is 4. The highest BCUT2D eigenvalue weighted by Crippen LogP contribution is 2.32. The number of hydrogen-bond acceptors (Lipinski definition) is 5. The third-order valence-corrected chi connectivity index (χ3v) is 3.55. The minimum Gasteiger partial charge on any atom is -0.491 e. The van der Waals surface area contributed by atoms with Crippen LogP contribution >= 0.6 is 11.6 Å².